The van der Waals surface area contributed by atoms with Crippen molar-refractivity contribution in [1.29, 1.82) is 0 Å². The van der Waals surface area contributed by atoms with Crippen LogP contribution in [0.5, 0.6) is 0 Å². The third-order valence-corrected chi connectivity index (χ3v) is 2.40. The molecule has 0 radical (unpaired) electrons. The Morgan fingerprint density at radius 3 is 2.48 bits per heavy atom. The van der Waals surface area contributed by atoms with Crippen LogP contribution < -0.4 is 5.32 Å². The van der Waals surface area contributed by atoms with Crippen LogP contribution in [0.4, 0.5) is 10.5 Å². The van der Waals surface area contributed by atoms with E-state index in [0.717, 1.165) is 0 Å². The fourth-order valence-electron chi connectivity index (χ4n) is 1.43. The van der Waals surface area contributed by atoms with Crippen molar-refractivity contribution in [2.24, 2.45) is 0 Å². The van der Waals surface area contributed by atoms with E-state index in [1.54, 1.807) is 39.0 Å². The second-order valence-corrected chi connectivity index (χ2v) is 5.69. The zero-order valence-electron chi connectivity index (χ0n) is 12.4. The maximum atomic E-state index is 11.7. The highest BCUT2D eigenvalue weighted by atomic mass is 35.5. The van der Waals surface area contributed by atoms with Gasteiger partial charge in [0.1, 0.15) is 5.60 Å². The van der Waals surface area contributed by atoms with Gasteiger partial charge >= 0.3 is 12.1 Å². The van der Waals surface area contributed by atoms with E-state index in [0.29, 0.717) is 16.3 Å². The summed E-state index contributed by atoms with van der Waals surface area (Å²) in [4.78, 5) is 22.8. The van der Waals surface area contributed by atoms with Crippen molar-refractivity contribution in [3.05, 3.63) is 34.9 Å². The number of carbonyl (C=O) groups is 2. The Labute approximate surface area is 128 Å². The number of hydrogen-bond donors (Lipinski definition) is 1. The van der Waals surface area contributed by atoms with Crippen LogP contribution in [0.25, 0.3) is 6.08 Å². The summed E-state index contributed by atoms with van der Waals surface area (Å²) in [5, 5.41) is 3.01. The third-order valence-electron chi connectivity index (χ3n) is 2.18. The number of amides is 1. The molecule has 21 heavy (non-hydrogen) atoms. The lowest BCUT2D eigenvalue weighted by Crippen LogP contribution is -2.27. The summed E-state index contributed by atoms with van der Waals surface area (Å²) in [7, 11) is 1.29. The van der Waals surface area contributed by atoms with Crippen molar-refractivity contribution in [2.45, 2.75) is 26.4 Å². The van der Waals surface area contributed by atoms with Gasteiger partial charge < -0.3 is 9.47 Å². The summed E-state index contributed by atoms with van der Waals surface area (Å²) < 4.78 is 9.66. The predicted octanol–water partition coefficient (Wildman–Crippen LogP) is 3.87. The molecule has 0 heterocycles. The Hall–Kier alpha value is -2.01. The van der Waals surface area contributed by atoms with Crippen molar-refractivity contribution in [1.82, 2.24) is 0 Å². The molecule has 5 nitrogen and oxygen atoms in total. The summed E-state index contributed by atoms with van der Waals surface area (Å²) in [5.41, 5.74) is 0.538. The standard InChI is InChI=1S/C15H18ClNO4/c1-15(2,3)21-14(19)17-12-8-10(7-11(16)9-12)5-6-13(18)20-4/h5-9H,1-4H3,(H,17,19). The third kappa shape index (κ3) is 6.81. The normalized spacial score (nSPS) is 11.3. The van der Waals surface area contributed by atoms with Crippen LogP contribution in [-0.4, -0.2) is 24.8 Å². The number of nitrogens with one attached hydrogen (secondary N) is 1. The topological polar surface area (TPSA) is 64.6 Å². The molecule has 114 valence electrons. The number of rotatable bonds is 3. The molecule has 1 aromatic carbocycles. The number of anilines is 1. The van der Waals surface area contributed by atoms with Gasteiger partial charge in [0.25, 0.3) is 0 Å². The SMILES string of the molecule is COC(=O)C=Cc1cc(Cl)cc(NC(=O)OC(C)(C)C)c1. The number of halogens is 1. The van der Waals surface area contributed by atoms with Gasteiger partial charge in [-0.25, -0.2) is 9.59 Å². The van der Waals surface area contributed by atoms with Gasteiger partial charge in [0.05, 0.1) is 7.11 Å². The molecule has 1 N–H and O–H groups in total. The molecule has 0 atom stereocenters. The van der Waals surface area contributed by atoms with Gasteiger partial charge in [0, 0.05) is 16.8 Å². The largest absolute Gasteiger partial charge is 0.466 e. The molecule has 6 heteroatoms. The van der Waals surface area contributed by atoms with Crippen LogP contribution in [0.1, 0.15) is 26.3 Å². The Morgan fingerprint density at radius 1 is 1.24 bits per heavy atom. The molecule has 0 unspecified atom stereocenters. The average Bonchev–Trinajstić information content (AvgIpc) is 2.32. The van der Waals surface area contributed by atoms with E-state index in [2.05, 4.69) is 10.1 Å². The fraction of sp³-hybridized carbons (Fsp3) is 0.333. The fourth-order valence-corrected chi connectivity index (χ4v) is 1.68. The zero-order valence-corrected chi connectivity index (χ0v) is 13.2. The average molecular weight is 312 g/mol. The maximum Gasteiger partial charge on any atom is 0.412 e. The second-order valence-electron chi connectivity index (χ2n) is 5.26. The first-order valence-electron chi connectivity index (χ1n) is 6.26. The molecule has 0 saturated carbocycles. The number of benzene rings is 1. The molecule has 1 rings (SSSR count). The number of ether oxygens (including phenoxy) is 2. The van der Waals surface area contributed by atoms with Crippen LogP contribution in [-0.2, 0) is 14.3 Å². The maximum absolute atomic E-state index is 11.7. The van der Waals surface area contributed by atoms with E-state index in [1.165, 1.54) is 19.3 Å². The smallest absolute Gasteiger partial charge is 0.412 e. The van der Waals surface area contributed by atoms with E-state index in [4.69, 9.17) is 16.3 Å². The van der Waals surface area contributed by atoms with Crippen molar-refractivity contribution in [2.75, 3.05) is 12.4 Å². The monoisotopic (exact) mass is 311 g/mol. The van der Waals surface area contributed by atoms with Gasteiger partial charge in [-0.3, -0.25) is 5.32 Å². The van der Waals surface area contributed by atoms with Crippen molar-refractivity contribution >= 4 is 35.4 Å². The predicted molar refractivity (Wildman–Crippen MR) is 82.4 cm³/mol. The lowest BCUT2D eigenvalue weighted by Gasteiger charge is -2.19. The second kappa shape index (κ2) is 7.13. The lowest BCUT2D eigenvalue weighted by atomic mass is 10.2. The summed E-state index contributed by atoms with van der Waals surface area (Å²) in [6.45, 7) is 5.32. The molecule has 0 aromatic heterocycles. The van der Waals surface area contributed by atoms with Gasteiger partial charge in [0.15, 0.2) is 0 Å². The minimum Gasteiger partial charge on any atom is -0.466 e. The van der Waals surface area contributed by atoms with Gasteiger partial charge in [-0.1, -0.05) is 11.6 Å². The Morgan fingerprint density at radius 2 is 1.90 bits per heavy atom. The van der Waals surface area contributed by atoms with E-state index < -0.39 is 17.7 Å². The van der Waals surface area contributed by atoms with Crippen LogP contribution in [0.15, 0.2) is 24.3 Å². The summed E-state index contributed by atoms with van der Waals surface area (Å²) in [6, 6.07) is 4.90. The van der Waals surface area contributed by atoms with Gasteiger partial charge in [-0.15, -0.1) is 0 Å². The van der Waals surface area contributed by atoms with Gasteiger partial charge in [-0.05, 0) is 50.6 Å². The number of methoxy groups -OCH3 is 1. The first-order valence-corrected chi connectivity index (χ1v) is 6.64. The summed E-state index contributed by atoms with van der Waals surface area (Å²) >= 11 is 5.97. The molecule has 0 aliphatic heterocycles. The minimum absolute atomic E-state index is 0.424. The van der Waals surface area contributed by atoms with Gasteiger partial charge in [0.2, 0.25) is 0 Å². The van der Waals surface area contributed by atoms with Crippen molar-refractivity contribution < 1.29 is 19.1 Å². The first kappa shape index (κ1) is 17.0. The number of carbonyl (C=O) groups excluding carboxylic acids is 2. The van der Waals surface area contributed by atoms with Crippen LogP contribution in [0.3, 0.4) is 0 Å². The van der Waals surface area contributed by atoms with Crippen LogP contribution in [0.2, 0.25) is 5.02 Å². The molecular formula is C15H18ClNO4. The van der Waals surface area contributed by atoms with Gasteiger partial charge in [-0.2, -0.15) is 0 Å². The molecule has 1 aromatic rings. The molecule has 0 fully saturated rings. The minimum atomic E-state index is -0.587. The molecule has 1 amide bonds. The highest BCUT2D eigenvalue weighted by molar-refractivity contribution is 6.31. The molecular weight excluding hydrogens is 294 g/mol. The zero-order chi connectivity index (χ0) is 16.0. The van der Waals surface area contributed by atoms with Crippen LogP contribution >= 0.6 is 11.6 Å². The Balaban J connectivity index is 2.85. The van der Waals surface area contributed by atoms with Crippen molar-refractivity contribution in [3.63, 3.8) is 0 Å². The quantitative estimate of drug-likeness (QED) is 0.679. The molecule has 0 aliphatic rings. The highest BCUT2D eigenvalue weighted by Gasteiger charge is 2.16. The molecule has 0 bridgehead atoms. The Kier molecular flexibility index (Phi) is 5.79. The van der Waals surface area contributed by atoms with E-state index in [1.807, 2.05) is 0 Å². The first-order chi connectivity index (χ1) is 9.69. The summed E-state index contributed by atoms with van der Waals surface area (Å²) in [5.74, 6) is -0.475. The summed E-state index contributed by atoms with van der Waals surface area (Å²) in [6.07, 6.45) is 2.23. The van der Waals surface area contributed by atoms with E-state index >= 15 is 0 Å². The Bertz CT molecular complexity index is 561. The number of hydrogen-bond acceptors (Lipinski definition) is 4. The van der Waals surface area contributed by atoms with Crippen LogP contribution in [0, 0.1) is 0 Å². The highest BCUT2D eigenvalue weighted by Crippen LogP contribution is 2.21. The number of esters is 1. The molecule has 0 spiro atoms. The molecule has 0 aliphatic carbocycles. The lowest BCUT2D eigenvalue weighted by molar-refractivity contribution is -0.134. The van der Waals surface area contributed by atoms with E-state index in [-0.39, 0.29) is 0 Å². The molecule has 0 saturated heterocycles. The van der Waals surface area contributed by atoms with E-state index in [9.17, 15) is 9.59 Å². The van der Waals surface area contributed by atoms with Crippen molar-refractivity contribution in [3.8, 4) is 0 Å².